The van der Waals surface area contributed by atoms with Gasteiger partial charge in [-0.2, -0.15) is 0 Å². The number of likely N-dealkylation sites (tertiary alicyclic amines) is 1. The first kappa shape index (κ1) is 8.33. The van der Waals surface area contributed by atoms with Crippen molar-refractivity contribution in [2.24, 2.45) is 0 Å². The molecule has 2 atom stereocenters. The van der Waals surface area contributed by atoms with Crippen molar-refractivity contribution < 1.29 is 15.0 Å². The van der Waals surface area contributed by atoms with Crippen LogP contribution >= 0.6 is 0 Å². The highest BCUT2D eigenvalue weighted by molar-refractivity contribution is 5.66. The van der Waals surface area contributed by atoms with Gasteiger partial charge >= 0.3 is 6.09 Å². The first-order chi connectivity index (χ1) is 5.16. The quantitative estimate of drug-likeness (QED) is 0.586. The van der Waals surface area contributed by atoms with E-state index in [2.05, 4.69) is 0 Å². The highest BCUT2D eigenvalue weighted by atomic mass is 16.4. The summed E-state index contributed by atoms with van der Waals surface area (Å²) in [5.41, 5.74) is 0. The molecule has 0 saturated carbocycles. The molecule has 0 radical (unpaired) electrons. The second-order valence-corrected chi connectivity index (χ2v) is 2.95. The van der Waals surface area contributed by atoms with Gasteiger partial charge in [-0.15, -0.1) is 0 Å². The van der Waals surface area contributed by atoms with Crippen LogP contribution in [0.1, 0.15) is 19.8 Å². The number of rotatable bonds is 1. The third-order valence-electron chi connectivity index (χ3n) is 2.22. The van der Waals surface area contributed by atoms with Crippen LogP contribution < -0.4 is 0 Å². The maximum absolute atomic E-state index is 10.6. The summed E-state index contributed by atoms with van der Waals surface area (Å²) in [4.78, 5) is 11.9. The highest BCUT2D eigenvalue weighted by Gasteiger charge is 2.33. The summed E-state index contributed by atoms with van der Waals surface area (Å²) >= 11 is 0. The topological polar surface area (TPSA) is 60.8 Å². The van der Waals surface area contributed by atoms with Gasteiger partial charge in [0.05, 0.1) is 12.6 Å². The molecule has 1 saturated heterocycles. The van der Waals surface area contributed by atoms with E-state index in [9.17, 15) is 4.79 Å². The fraction of sp³-hybridized carbons (Fsp3) is 0.857. The van der Waals surface area contributed by atoms with Crippen LogP contribution in [-0.2, 0) is 0 Å². The number of carboxylic acid groups (broad SMARTS) is 1. The molecule has 4 nitrogen and oxygen atoms in total. The van der Waals surface area contributed by atoms with Gasteiger partial charge in [0.2, 0.25) is 0 Å². The molecule has 0 aromatic carbocycles. The largest absolute Gasteiger partial charge is 0.465 e. The van der Waals surface area contributed by atoms with E-state index in [1.807, 2.05) is 6.92 Å². The molecular formula is C7H13NO3. The van der Waals surface area contributed by atoms with Crippen molar-refractivity contribution in [3.05, 3.63) is 0 Å². The summed E-state index contributed by atoms with van der Waals surface area (Å²) in [5.74, 6) is 0. The Hall–Kier alpha value is -0.770. The van der Waals surface area contributed by atoms with Crippen LogP contribution in [-0.4, -0.2) is 39.9 Å². The first-order valence-corrected chi connectivity index (χ1v) is 3.79. The van der Waals surface area contributed by atoms with E-state index in [1.54, 1.807) is 0 Å². The SMILES string of the molecule is C[C@@H]1CCC(CO)N1C(=O)O. The molecule has 0 aromatic rings. The van der Waals surface area contributed by atoms with E-state index in [4.69, 9.17) is 10.2 Å². The number of hydrogen-bond donors (Lipinski definition) is 2. The lowest BCUT2D eigenvalue weighted by atomic mass is 10.2. The van der Waals surface area contributed by atoms with Crippen LogP contribution in [0.15, 0.2) is 0 Å². The molecule has 0 aliphatic carbocycles. The van der Waals surface area contributed by atoms with E-state index in [-0.39, 0.29) is 18.7 Å². The molecule has 0 aromatic heterocycles. The van der Waals surface area contributed by atoms with Gasteiger partial charge in [0.15, 0.2) is 0 Å². The Balaban J connectivity index is 2.63. The van der Waals surface area contributed by atoms with Crippen LogP contribution in [0.4, 0.5) is 4.79 Å². The fourth-order valence-corrected chi connectivity index (χ4v) is 1.60. The minimum Gasteiger partial charge on any atom is -0.465 e. The Morgan fingerprint density at radius 3 is 2.64 bits per heavy atom. The number of nitrogens with zero attached hydrogens (tertiary/aromatic N) is 1. The summed E-state index contributed by atoms with van der Waals surface area (Å²) in [6, 6.07) is -0.118. The van der Waals surface area contributed by atoms with Gasteiger partial charge in [0.1, 0.15) is 0 Å². The molecule has 1 aliphatic heterocycles. The van der Waals surface area contributed by atoms with Gasteiger partial charge in [-0.1, -0.05) is 0 Å². The molecule has 1 unspecified atom stereocenters. The minimum atomic E-state index is -0.922. The number of amides is 1. The number of aliphatic hydroxyl groups excluding tert-OH is 1. The Morgan fingerprint density at radius 2 is 2.27 bits per heavy atom. The van der Waals surface area contributed by atoms with Crippen molar-refractivity contribution in [2.75, 3.05) is 6.61 Å². The van der Waals surface area contributed by atoms with Gasteiger partial charge in [-0.25, -0.2) is 4.79 Å². The Labute approximate surface area is 65.4 Å². The van der Waals surface area contributed by atoms with E-state index in [1.165, 1.54) is 4.90 Å². The van der Waals surface area contributed by atoms with Crippen molar-refractivity contribution in [1.29, 1.82) is 0 Å². The molecule has 1 heterocycles. The second-order valence-electron chi connectivity index (χ2n) is 2.95. The monoisotopic (exact) mass is 159 g/mol. The van der Waals surface area contributed by atoms with Crippen LogP contribution in [0, 0.1) is 0 Å². The van der Waals surface area contributed by atoms with Crippen LogP contribution in [0.2, 0.25) is 0 Å². The average molecular weight is 159 g/mol. The minimum absolute atomic E-state index is 0.0589. The predicted molar refractivity (Wildman–Crippen MR) is 39.4 cm³/mol. The first-order valence-electron chi connectivity index (χ1n) is 3.79. The van der Waals surface area contributed by atoms with Crippen molar-refractivity contribution in [3.8, 4) is 0 Å². The second kappa shape index (κ2) is 3.09. The summed E-state index contributed by atoms with van der Waals surface area (Å²) in [5, 5.41) is 17.5. The lowest BCUT2D eigenvalue weighted by Gasteiger charge is -2.23. The van der Waals surface area contributed by atoms with Crippen molar-refractivity contribution in [2.45, 2.75) is 31.8 Å². The Kier molecular flexibility index (Phi) is 2.34. The Morgan fingerprint density at radius 1 is 1.64 bits per heavy atom. The molecule has 0 bridgehead atoms. The van der Waals surface area contributed by atoms with Crippen LogP contribution in [0.5, 0.6) is 0 Å². The molecule has 11 heavy (non-hydrogen) atoms. The third-order valence-corrected chi connectivity index (χ3v) is 2.22. The number of carbonyl (C=O) groups is 1. The highest BCUT2D eigenvalue weighted by Crippen LogP contribution is 2.23. The van der Waals surface area contributed by atoms with E-state index >= 15 is 0 Å². The van der Waals surface area contributed by atoms with Gasteiger partial charge in [0, 0.05) is 6.04 Å². The number of hydrogen-bond acceptors (Lipinski definition) is 2. The van der Waals surface area contributed by atoms with Gasteiger partial charge in [-0.3, -0.25) is 0 Å². The summed E-state index contributed by atoms with van der Waals surface area (Å²) in [6.45, 7) is 1.81. The lowest BCUT2D eigenvalue weighted by molar-refractivity contribution is 0.103. The van der Waals surface area contributed by atoms with Crippen molar-refractivity contribution in [3.63, 3.8) is 0 Å². The zero-order valence-electron chi connectivity index (χ0n) is 6.53. The van der Waals surface area contributed by atoms with Crippen molar-refractivity contribution >= 4 is 6.09 Å². The van der Waals surface area contributed by atoms with Gasteiger partial charge in [0.25, 0.3) is 0 Å². The number of aliphatic hydroxyl groups is 1. The van der Waals surface area contributed by atoms with E-state index in [0.29, 0.717) is 0 Å². The average Bonchev–Trinajstić information content (AvgIpc) is 2.30. The standard InChI is InChI=1S/C7H13NO3/c1-5-2-3-6(4-9)8(5)7(10)11/h5-6,9H,2-4H2,1H3,(H,10,11)/t5-,6?/m1/s1. The van der Waals surface area contributed by atoms with E-state index < -0.39 is 6.09 Å². The molecule has 4 heteroatoms. The van der Waals surface area contributed by atoms with Gasteiger partial charge < -0.3 is 15.1 Å². The van der Waals surface area contributed by atoms with Crippen LogP contribution in [0.25, 0.3) is 0 Å². The molecule has 1 rings (SSSR count). The molecular weight excluding hydrogens is 146 g/mol. The molecule has 1 amide bonds. The summed E-state index contributed by atoms with van der Waals surface area (Å²) < 4.78 is 0. The summed E-state index contributed by atoms with van der Waals surface area (Å²) in [7, 11) is 0. The van der Waals surface area contributed by atoms with E-state index in [0.717, 1.165) is 12.8 Å². The van der Waals surface area contributed by atoms with Gasteiger partial charge in [-0.05, 0) is 19.8 Å². The molecule has 2 N–H and O–H groups in total. The Bertz CT molecular complexity index is 160. The maximum atomic E-state index is 10.6. The molecule has 0 spiro atoms. The third kappa shape index (κ3) is 1.45. The zero-order chi connectivity index (χ0) is 8.43. The molecule has 1 aliphatic rings. The molecule has 1 fully saturated rings. The fourth-order valence-electron chi connectivity index (χ4n) is 1.60. The smallest absolute Gasteiger partial charge is 0.407 e. The maximum Gasteiger partial charge on any atom is 0.407 e. The van der Waals surface area contributed by atoms with Crippen LogP contribution in [0.3, 0.4) is 0 Å². The molecule has 64 valence electrons. The predicted octanol–water partition coefficient (Wildman–Crippen LogP) is 0.510. The summed E-state index contributed by atoms with van der Waals surface area (Å²) in [6.07, 6.45) is 0.718. The zero-order valence-corrected chi connectivity index (χ0v) is 6.53. The van der Waals surface area contributed by atoms with Crippen molar-refractivity contribution in [1.82, 2.24) is 4.90 Å². The lowest BCUT2D eigenvalue weighted by Crippen LogP contribution is -2.40. The normalized spacial score (nSPS) is 30.9.